The fourth-order valence-corrected chi connectivity index (χ4v) is 3.75. The first-order valence-electron chi connectivity index (χ1n) is 10.5. The molecule has 4 heteroatoms. The minimum atomic E-state index is -0.369. The lowest BCUT2D eigenvalue weighted by atomic mass is 9.91. The third-order valence-corrected chi connectivity index (χ3v) is 5.42. The van der Waals surface area contributed by atoms with Crippen LogP contribution in [0.15, 0.2) is 10.2 Å². The average Bonchev–Trinajstić information content (AvgIpc) is 2.63. The van der Waals surface area contributed by atoms with Crippen LogP contribution in [0.2, 0.25) is 0 Å². The lowest BCUT2D eigenvalue weighted by molar-refractivity contribution is -0.0977. The Morgan fingerprint density at radius 1 is 0.625 bits per heavy atom. The molecule has 2 fully saturated rings. The van der Waals surface area contributed by atoms with Crippen LogP contribution < -0.4 is 0 Å². The first-order chi connectivity index (χ1) is 11.7. The van der Waals surface area contributed by atoms with Crippen molar-refractivity contribution < 1.29 is 9.47 Å². The summed E-state index contributed by atoms with van der Waals surface area (Å²) in [5, 5.41) is 9.68. The molecule has 0 unspecified atom stereocenters. The van der Waals surface area contributed by atoms with Crippen molar-refractivity contribution in [2.24, 2.45) is 10.2 Å². The summed E-state index contributed by atoms with van der Waals surface area (Å²) in [6, 6.07) is 0. The molecule has 2 saturated carbocycles. The van der Waals surface area contributed by atoms with Crippen LogP contribution in [0.1, 0.15) is 104 Å². The number of hydrogen-bond donors (Lipinski definition) is 0. The predicted molar refractivity (Wildman–Crippen MR) is 98.2 cm³/mol. The van der Waals surface area contributed by atoms with E-state index in [0.29, 0.717) is 0 Å². The van der Waals surface area contributed by atoms with E-state index in [4.69, 9.17) is 19.7 Å². The molecule has 0 N–H and O–H groups in total. The molecule has 0 saturated heterocycles. The van der Waals surface area contributed by atoms with E-state index in [1.807, 2.05) is 0 Å². The maximum atomic E-state index is 6.26. The topological polar surface area (TPSA) is 43.2 Å². The molecule has 0 aliphatic heterocycles. The quantitative estimate of drug-likeness (QED) is 0.342. The van der Waals surface area contributed by atoms with Crippen LogP contribution in [-0.2, 0) is 9.47 Å². The highest BCUT2D eigenvalue weighted by Crippen LogP contribution is 2.38. The van der Waals surface area contributed by atoms with Gasteiger partial charge in [-0.15, -0.1) is 0 Å². The highest BCUT2D eigenvalue weighted by atomic mass is 16.5. The van der Waals surface area contributed by atoms with Crippen molar-refractivity contribution >= 4 is 0 Å². The number of nitrogens with zero attached hydrogens (tertiary/aromatic N) is 2. The highest BCUT2D eigenvalue weighted by molar-refractivity contribution is 4.85. The Kier molecular flexibility index (Phi) is 8.68. The van der Waals surface area contributed by atoms with Gasteiger partial charge < -0.3 is 9.47 Å². The average molecular weight is 339 g/mol. The van der Waals surface area contributed by atoms with Crippen LogP contribution >= 0.6 is 0 Å². The SMILES string of the molecule is CCCCOC1(N=NC2(OCCCC)CCCCC2)CCCCC1. The van der Waals surface area contributed by atoms with Crippen molar-refractivity contribution in [1.82, 2.24) is 0 Å². The second kappa shape index (κ2) is 10.5. The minimum Gasteiger partial charge on any atom is -0.352 e. The van der Waals surface area contributed by atoms with Gasteiger partial charge in [-0.1, -0.05) is 39.5 Å². The molecule has 0 heterocycles. The second-order valence-electron chi connectivity index (χ2n) is 7.62. The van der Waals surface area contributed by atoms with Gasteiger partial charge >= 0.3 is 0 Å². The van der Waals surface area contributed by atoms with Crippen LogP contribution in [0.5, 0.6) is 0 Å². The zero-order valence-electron chi connectivity index (χ0n) is 16.0. The van der Waals surface area contributed by atoms with E-state index in [9.17, 15) is 0 Å². The monoisotopic (exact) mass is 338 g/mol. The zero-order valence-corrected chi connectivity index (χ0v) is 16.0. The third-order valence-electron chi connectivity index (χ3n) is 5.42. The summed E-state index contributed by atoms with van der Waals surface area (Å²) in [7, 11) is 0. The summed E-state index contributed by atoms with van der Waals surface area (Å²) in [5.41, 5.74) is -0.738. The molecular weight excluding hydrogens is 300 g/mol. The van der Waals surface area contributed by atoms with Crippen molar-refractivity contribution in [3.63, 3.8) is 0 Å². The van der Waals surface area contributed by atoms with Crippen LogP contribution in [0.4, 0.5) is 0 Å². The first kappa shape index (κ1) is 19.8. The summed E-state index contributed by atoms with van der Waals surface area (Å²) in [6.07, 6.45) is 16.0. The molecule has 0 atom stereocenters. The van der Waals surface area contributed by atoms with Crippen LogP contribution in [0, 0.1) is 0 Å². The Morgan fingerprint density at radius 3 is 1.33 bits per heavy atom. The van der Waals surface area contributed by atoms with Gasteiger partial charge in [0.2, 0.25) is 0 Å². The number of azo groups is 1. The predicted octanol–water partition coefficient (Wildman–Crippen LogP) is 6.39. The molecule has 24 heavy (non-hydrogen) atoms. The number of unbranched alkanes of at least 4 members (excludes halogenated alkanes) is 2. The Bertz CT molecular complexity index is 325. The van der Waals surface area contributed by atoms with Crippen molar-refractivity contribution in [2.45, 2.75) is 115 Å². The second-order valence-corrected chi connectivity index (χ2v) is 7.62. The molecule has 0 aromatic carbocycles. The summed E-state index contributed by atoms with van der Waals surface area (Å²) in [6.45, 7) is 6.02. The Hall–Kier alpha value is -0.480. The third kappa shape index (κ3) is 6.11. The fraction of sp³-hybridized carbons (Fsp3) is 1.00. The molecular formula is C20H38N2O2. The van der Waals surface area contributed by atoms with Gasteiger partial charge in [0.05, 0.1) is 0 Å². The van der Waals surface area contributed by atoms with Crippen molar-refractivity contribution in [2.75, 3.05) is 13.2 Å². The largest absolute Gasteiger partial charge is 0.352 e. The van der Waals surface area contributed by atoms with E-state index in [-0.39, 0.29) is 11.4 Å². The van der Waals surface area contributed by atoms with E-state index in [0.717, 1.165) is 64.6 Å². The van der Waals surface area contributed by atoms with Gasteiger partial charge in [0.15, 0.2) is 11.4 Å². The van der Waals surface area contributed by atoms with Gasteiger partial charge in [-0.3, -0.25) is 0 Å². The molecule has 0 aromatic heterocycles. The van der Waals surface area contributed by atoms with Crippen LogP contribution in [-0.4, -0.2) is 24.7 Å². The fourth-order valence-electron chi connectivity index (χ4n) is 3.75. The van der Waals surface area contributed by atoms with Gasteiger partial charge in [-0.25, -0.2) is 0 Å². The Morgan fingerprint density at radius 2 is 1.00 bits per heavy atom. The first-order valence-corrected chi connectivity index (χ1v) is 10.5. The Labute approximate surface area is 148 Å². The van der Waals surface area contributed by atoms with Crippen molar-refractivity contribution in [3.05, 3.63) is 0 Å². The van der Waals surface area contributed by atoms with Crippen LogP contribution in [0.3, 0.4) is 0 Å². The molecule has 2 aliphatic carbocycles. The van der Waals surface area contributed by atoms with Gasteiger partial charge in [0, 0.05) is 13.2 Å². The molecule has 2 rings (SSSR count). The van der Waals surface area contributed by atoms with Gasteiger partial charge in [0.25, 0.3) is 0 Å². The van der Waals surface area contributed by atoms with Gasteiger partial charge in [0.1, 0.15) is 0 Å². The van der Waals surface area contributed by atoms with Crippen molar-refractivity contribution in [1.29, 1.82) is 0 Å². The lowest BCUT2D eigenvalue weighted by Gasteiger charge is -2.36. The molecule has 4 nitrogen and oxygen atoms in total. The van der Waals surface area contributed by atoms with Crippen LogP contribution in [0.25, 0.3) is 0 Å². The molecule has 2 aliphatic rings. The lowest BCUT2D eigenvalue weighted by Crippen LogP contribution is -2.37. The van der Waals surface area contributed by atoms with Gasteiger partial charge in [-0.2, -0.15) is 10.2 Å². The number of hydrogen-bond acceptors (Lipinski definition) is 4. The normalized spacial score (nSPS) is 23.6. The number of ether oxygens (including phenoxy) is 2. The minimum absolute atomic E-state index is 0.369. The number of rotatable bonds is 10. The highest BCUT2D eigenvalue weighted by Gasteiger charge is 2.37. The maximum Gasteiger partial charge on any atom is 0.178 e. The summed E-state index contributed by atoms with van der Waals surface area (Å²) >= 11 is 0. The maximum absolute atomic E-state index is 6.26. The summed E-state index contributed by atoms with van der Waals surface area (Å²) in [5.74, 6) is 0. The van der Waals surface area contributed by atoms with Gasteiger partial charge in [-0.05, 0) is 64.2 Å². The van der Waals surface area contributed by atoms with E-state index in [1.54, 1.807) is 0 Å². The summed E-state index contributed by atoms with van der Waals surface area (Å²) < 4.78 is 12.5. The molecule has 0 amide bonds. The smallest absolute Gasteiger partial charge is 0.178 e. The molecule has 0 spiro atoms. The molecule has 0 bridgehead atoms. The van der Waals surface area contributed by atoms with E-state index < -0.39 is 0 Å². The molecule has 0 radical (unpaired) electrons. The van der Waals surface area contributed by atoms with E-state index in [1.165, 1.54) is 38.5 Å². The van der Waals surface area contributed by atoms with E-state index in [2.05, 4.69) is 13.8 Å². The van der Waals surface area contributed by atoms with Crippen molar-refractivity contribution in [3.8, 4) is 0 Å². The molecule has 140 valence electrons. The zero-order chi connectivity index (χ0) is 17.1. The van der Waals surface area contributed by atoms with E-state index >= 15 is 0 Å². The molecule has 0 aromatic rings. The standard InChI is InChI=1S/C20H38N2O2/c1-3-5-17-23-19(13-9-7-10-14-19)21-22-20(24-18-6-4-2)15-11-8-12-16-20/h3-18H2,1-2H3. The summed E-state index contributed by atoms with van der Waals surface area (Å²) in [4.78, 5) is 0. The Balaban J connectivity index is 2.04.